The minimum Gasteiger partial charge on any atom is -0.508 e. The molecule has 2 aromatic carbocycles. The highest BCUT2D eigenvalue weighted by Gasteiger charge is 2.45. The highest BCUT2D eigenvalue weighted by molar-refractivity contribution is 5.88. The summed E-state index contributed by atoms with van der Waals surface area (Å²) in [6.45, 7) is -0.441. The molecule has 3 aromatic rings. The third kappa shape index (κ3) is 3.90. The van der Waals surface area contributed by atoms with Crippen molar-refractivity contribution in [2.24, 2.45) is 0 Å². The quantitative estimate of drug-likeness (QED) is 0.378. The highest BCUT2D eigenvalue weighted by Crippen LogP contribution is 2.31. The van der Waals surface area contributed by atoms with E-state index < -0.39 is 48.5 Å². The number of ether oxygens (including phenoxy) is 3. The predicted octanol–water partition coefficient (Wildman–Crippen LogP) is 0.704. The maximum Gasteiger partial charge on any atom is 0.229 e. The Morgan fingerprint density at radius 2 is 1.78 bits per heavy atom. The minimum atomic E-state index is -1.42. The molecule has 1 aliphatic heterocycles. The van der Waals surface area contributed by atoms with E-state index in [2.05, 4.69) is 0 Å². The van der Waals surface area contributed by atoms with Crippen LogP contribution in [0.25, 0.3) is 22.1 Å². The van der Waals surface area contributed by atoms with Crippen molar-refractivity contribution in [3.8, 4) is 28.4 Å². The molecule has 170 valence electrons. The topological polar surface area (TPSA) is 159 Å². The van der Waals surface area contributed by atoms with Crippen molar-refractivity contribution < 1.29 is 44.2 Å². The molecule has 5 atom stereocenters. The minimum absolute atomic E-state index is 0.0472. The van der Waals surface area contributed by atoms with Crippen LogP contribution in [0.2, 0.25) is 0 Å². The first kappa shape index (κ1) is 22.1. The Morgan fingerprint density at radius 3 is 2.44 bits per heavy atom. The van der Waals surface area contributed by atoms with Gasteiger partial charge in [-0.25, -0.2) is 0 Å². The molecule has 1 fully saturated rings. The number of phenolic OH excluding ortho intramolecular Hbond substituents is 2. The van der Waals surface area contributed by atoms with Crippen LogP contribution in [0, 0.1) is 0 Å². The zero-order chi connectivity index (χ0) is 23.0. The first-order valence-electron chi connectivity index (χ1n) is 9.74. The summed E-state index contributed by atoms with van der Waals surface area (Å²) in [6, 6.07) is 8.46. The number of phenols is 2. The standard InChI is InChI=1S/C22H22O10/c1-29-21-16(8-23)32-22(20(28)19(21)27)31-12-4-2-10(3-5-12)13-9-30-15-7-11(24)6-14(25)17(15)18(13)26/h2-7,9,16,19-25,27-28H,8H2,1H3/t16-,19-,20-,21-,22-/m1/s1. The highest BCUT2D eigenvalue weighted by atomic mass is 16.7. The van der Waals surface area contributed by atoms with E-state index in [0.29, 0.717) is 5.56 Å². The molecule has 0 saturated carbocycles. The lowest BCUT2D eigenvalue weighted by Gasteiger charge is -2.41. The van der Waals surface area contributed by atoms with Crippen LogP contribution in [0.5, 0.6) is 17.2 Å². The summed E-state index contributed by atoms with van der Waals surface area (Å²) in [7, 11) is 1.33. The molecule has 1 aliphatic rings. The molecule has 32 heavy (non-hydrogen) atoms. The third-order valence-electron chi connectivity index (χ3n) is 5.35. The molecular weight excluding hydrogens is 424 g/mol. The lowest BCUT2D eigenvalue weighted by molar-refractivity contribution is -0.281. The number of aliphatic hydroxyl groups is 3. The first-order valence-corrected chi connectivity index (χ1v) is 9.74. The van der Waals surface area contributed by atoms with E-state index in [1.165, 1.54) is 31.6 Å². The van der Waals surface area contributed by atoms with E-state index >= 15 is 0 Å². The average molecular weight is 446 g/mol. The molecule has 4 rings (SSSR count). The Bertz CT molecular complexity index is 1150. The van der Waals surface area contributed by atoms with E-state index in [1.54, 1.807) is 12.1 Å². The Balaban J connectivity index is 1.58. The molecule has 0 aliphatic carbocycles. The largest absolute Gasteiger partial charge is 0.508 e. The second kappa shape index (κ2) is 8.77. The van der Waals surface area contributed by atoms with Crippen LogP contribution >= 0.6 is 0 Å². The van der Waals surface area contributed by atoms with Crippen molar-refractivity contribution in [3.63, 3.8) is 0 Å². The van der Waals surface area contributed by atoms with Crippen molar-refractivity contribution in [2.45, 2.75) is 30.7 Å². The second-order valence-electron chi connectivity index (χ2n) is 7.37. The van der Waals surface area contributed by atoms with E-state index in [1.807, 2.05) is 0 Å². The van der Waals surface area contributed by atoms with Gasteiger partial charge in [-0.3, -0.25) is 4.79 Å². The van der Waals surface area contributed by atoms with Gasteiger partial charge in [0.1, 0.15) is 58.9 Å². The first-order chi connectivity index (χ1) is 15.3. The number of hydrogen-bond donors (Lipinski definition) is 5. The van der Waals surface area contributed by atoms with Crippen LogP contribution < -0.4 is 10.2 Å². The Labute approximate surface area is 181 Å². The van der Waals surface area contributed by atoms with Crippen LogP contribution in [0.4, 0.5) is 0 Å². The molecule has 0 spiro atoms. The third-order valence-corrected chi connectivity index (χ3v) is 5.35. The van der Waals surface area contributed by atoms with Gasteiger partial charge in [0.25, 0.3) is 0 Å². The number of benzene rings is 2. The Kier molecular flexibility index (Phi) is 6.04. The lowest BCUT2D eigenvalue weighted by atomic mass is 9.99. The zero-order valence-corrected chi connectivity index (χ0v) is 16.9. The fraction of sp³-hybridized carbons (Fsp3) is 0.318. The summed E-state index contributed by atoms with van der Waals surface area (Å²) in [5, 5.41) is 49.5. The van der Waals surface area contributed by atoms with Crippen molar-refractivity contribution in [2.75, 3.05) is 13.7 Å². The van der Waals surface area contributed by atoms with Gasteiger partial charge in [-0.05, 0) is 17.7 Å². The summed E-state index contributed by atoms with van der Waals surface area (Å²) in [4.78, 5) is 12.8. The Morgan fingerprint density at radius 1 is 1.06 bits per heavy atom. The fourth-order valence-corrected chi connectivity index (χ4v) is 3.71. The predicted molar refractivity (Wildman–Crippen MR) is 110 cm³/mol. The summed E-state index contributed by atoms with van der Waals surface area (Å²) in [5.74, 6) is -0.356. The van der Waals surface area contributed by atoms with Gasteiger partial charge < -0.3 is 44.2 Å². The molecule has 5 N–H and O–H groups in total. The monoisotopic (exact) mass is 446 g/mol. The molecule has 1 aromatic heterocycles. The second-order valence-corrected chi connectivity index (χ2v) is 7.37. The maximum atomic E-state index is 12.8. The summed E-state index contributed by atoms with van der Waals surface area (Å²) in [5.41, 5.74) is 0.213. The zero-order valence-electron chi connectivity index (χ0n) is 16.9. The molecule has 0 radical (unpaired) electrons. The van der Waals surface area contributed by atoms with Crippen molar-refractivity contribution in [3.05, 3.63) is 52.9 Å². The molecule has 10 heteroatoms. The molecule has 0 bridgehead atoms. The van der Waals surface area contributed by atoms with E-state index in [-0.39, 0.29) is 28.0 Å². The maximum absolute atomic E-state index is 12.8. The van der Waals surface area contributed by atoms with Gasteiger partial charge in [-0.1, -0.05) is 12.1 Å². The smallest absolute Gasteiger partial charge is 0.229 e. The molecule has 10 nitrogen and oxygen atoms in total. The van der Waals surface area contributed by atoms with E-state index in [4.69, 9.17) is 18.6 Å². The van der Waals surface area contributed by atoms with Crippen molar-refractivity contribution in [1.29, 1.82) is 0 Å². The SMILES string of the molecule is CO[C@H]1[C@H](O)[C@@H](O)[C@H](Oc2ccc(-c3coc4cc(O)cc(O)c4c3=O)cc2)O[C@@H]1CO. The number of methoxy groups -OCH3 is 1. The van der Waals surface area contributed by atoms with Gasteiger partial charge in [0.2, 0.25) is 11.7 Å². The van der Waals surface area contributed by atoms with Crippen LogP contribution in [0.3, 0.4) is 0 Å². The number of hydrogen-bond acceptors (Lipinski definition) is 10. The van der Waals surface area contributed by atoms with Crippen LogP contribution in [-0.4, -0.2) is 70.0 Å². The average Bonchev–Trinajstić information content (AvgIpc) is 2.77. The lowest BCUT2D eigenvalue weighted by Crippen LogP contribution is -2.60. The molecule has 2 heterocycles. The summed E-state index contributed by atoms with van der Waals surface area (Å²) >= 11 is 0. The molecule has 1 saturated heterocycles. The molecular formula is C22H22O10. The van der Waals surface area contributed by atoms with Gasteiger partial charge in [-0.15, -0.1) is 0 Å². The van der Waals surface area contributed by atoms with Crippen LogP contribution in [-0.2, 0) is 9.47 Å². The van der Waals surface area contributed by atoms with Gasteiger partial charge in [0.15, 0.2) is 0 Å². The molecule has 0 unspecified atom stereocenters. The Hall–Kier alpha value is -3.15. The van der Waals surface area contributed by atoms with E-state index in [0.717, 1.165) is 6.07 Å². The van der Waals surface area contributed by atoms with Gasteiger partial charge in [0.05, 0.1) is 12.2 Å². The van der Waals surface area contributed by atoms with E-state index in [9.17, 15) is 30.3 Å². The summed E-state index contributed by atoms with van der Waals surface area (Å²) in [6.07, 6.45) is -4.59. The van der Waals surface area contributed by atoms with Crippen molar-refractivity contribution >= 4 is 11.0 Å². The van der Waals surface area contributed by atoms with Crippen molar-refractivity contribution in [1.82, 2.24) is 0 Å². The number of aliphatic hydroxyl groups excluding tert-OH is 3. The number of rotatable bonds is 5. The number of aromatic hydroxyl groups is 2. The van der Waals surface area contributed by atoms with Gasteiger partial charge >= 0.3 is 0 Å². The summed E-state index contributed by atoms with van der Waals surface area (Å²) < 4.78 is 21.6. The van der Waals surface area contributed by atoms with Gasteiger partial charge in [-0.2, -0.15) is 0 Å². The fourth-order valence-electron chi connectivity index (χ4n) is 3.71. The van der Waals surface area contributed by atoms with Gasteiger partial charge in [0, 0.05) is 19.2 Å². The number of fused-ring (bicyclic) bond motifs is 1. The van der Waals surface area contributed by atoms with Crippen LogP contribution in [0.1, 0.15) is 0 Å². The molecule has 0 amide bonds. The normalized spacial score (nSPS) is 25.7. The van der Waals surface area contributed by atoms with Crippen LogP contribution in [0.15, 0.2) is 51.9 Å².